The van der Waals surface area contributed by atoms with Crippen molar-refractivity contribution in [3.05, 3.63) is 54.1 Å². The Morgan fingerprint density at radius 2 is 1.68 bits per heavy atom. The van der Waals surface area contributed by atoms with Crippen molar-refractivity contribution in [1.82, 2.24) is 9.55 Å². The second kappa shape index (κ2) is 8.32. The Hall–Kier alpha value is -2.83. The number of aromatic nitrogens is 2. The molecule has 1 unspecified atom stereocenters. The second-order valence-electron chi connectivity index (χ2n) is 5.78. The van der Waals surface area contributed by atoms with Crippen LogP contribution in [0.15, 0.2) is 42.9 Å². The van der Waals surface area contributed by atoms with Gasteiger partial charge in [-0.2, -0.15) is 0 Å². The van der Waals surface area contributed by atoms with Gasteiger partial charge in [0.2, 0.25) is 6.29 Å². The van der Waals surface area contributed by atoms with Gasteiger partial charge in [-0.25, -0.2) is 14.6 Å². The van der Waals surface area contributed by atoms with Crippen molar-refractivity contribution in [2.24, 2.45) is 0 Å². The van der Waals surface area contributed by atoms with Crippen LogP contribution < -0.4 is 0 Å². The highest BCUT2D eigenvalue weighted by Crippen LogP contribution is 2.20. The number of carbonyl (C=O) groups is 2. The normalized spacial score (nSPS) is 13.2. The van der Waals surface area contributed by atoms with Gasteiger partial charge < -0.3 is 18.8 Å². The number of ether oxygens (including phenoxy) is 3. The molecule has 0 saturated heterocycles. The lowest BCUT2D eigenvalue weighted by Crippen LogP contribution is -2.25. The van der Waals surface area contributed by atoms with Crippen LogP contribution in [-0.4, -0.2) is 34.1 Å². The van der Waals surface area contributed by atoms with Gasteiger partial charge >= 0.3 is 12.1 Å². The second-order valence-corrected chi connectivity index (χ2v) is 5.78. The zero-order valence-corrected chi connectivity index (χ0v) is 14.7. The molecule has 0 bridgehead atoms. The molecular weight excluding hydrogens is 324 g/mol. The molecule has 2 rings (SSSR count). The molecule has 2 atom stereocenters. The van der Waals surface area contributed by atoms with Crippen molar-refractivity contribution in [2.75, 3.05) is 0 Å². The van der Waals surface area contributed by atoms with Crippen LogP contribution in [0.5, 0.6) is 0 Å². The van der Waals surface area contributed by atoms with E-state index in [-0.39, 0.29) is 17.8 Å². The predicted octanol–water partition coefficient (Wildman–Crippen LogP) is 3.56. The Morgan fingerprint density at radius 3 is 2.32 bits per heavy atom. The molecule has 0 aliphatic heterocycles. The third-order valence-electron chi connectivity index (χ3n) is 3.44. The van der Waals surface area contributed by atoms with Crippen LogP contribution in [0.2, 0.25) is 0 Å². The van der Waals surface area contributed by atoms with Gasteiger partial charge in [-0.3, -0.25) is 0 Å². The lowest BCUT2D eigenvalue weighted by atomic mass is 10.1. The molecule has 1 aromatic heterocycles. The van der Waals surface area contributed by atoms with E-state index < -0.39 is 18.4 Å². The summed E-state index contributed by atoms with van der Waals surface area (Å²) in [5.74, 6) is -0.634. The van der Waals surface area contributed by atoms with E-state index in [0.717, 1.165) is 5.56 Å². The molecule has 2 aromatic rings. The number of benzene rings is 1. The molecule has 0 aliphatic rings. The van der Waals surface area contributed by atoms with Crippen LogP contribution in [-0.2, 0) is 14.2 Å². The molecule has 0 amide bonds. The average molecular weight is 346 g/mol. The van der Waals surface area contributed by atoms with E-state index in [0.29, 0.717) is 0 Å². The Kier molecular flexibility index (Phi) is 6.16. The third kappa shape index (κ3) is 5.07. The smallest absolute Gasteiger partial charge is 0.431 e. The number of imidazole rings is 1. The molecule has 7 nitrogen and oxygen atoms in total. The number of esters is 1. The third-order valence-corrected chi connectivity index (χ3v) is 3.44. The maximum atomic E-state index is 12.4. The summed E-state index contributed by atoms with van der Waals surface area (Å²) in [6.07, 6.45) is 0.701. The van der Waals surface area contributed by atoms with Gasteiger partial charge in [0.25, 0.3) is 0 Å². The van der Waals surface area contributed by atoms with Crippen LogP contribution in [0.4, 0.5) is 4.79 Å². The van der Waals surface area contributed by atoms with Gasteiger partial charge in [-0.15, -0.1) is 0 Å². The van der Waals surface area contributed by atoms with E-state index >= 15 is 0 Å². The summed E-state index contributed by atoms with van der Waals surface area (Å²) < 4.78 is 16.6. The minimum atomic E-state index is -1.07. The van der Waals surface area contributed by atoms with Crippen molar-refractivity contribution >= 4 is 12.1 Å². The molecule has 134 valence electrons. The largest absolute Gasteiger partial charge is 0.511 e. The fraction of sp³-hybridized carbons (Fsp3) is 0.389. The molecule has 0 saturated carbocycles. The van der Waals surface area contributed by atoms with E-state index in [4.69, 9.17) is 14.2 Å². The van der Waals surface area contributed by atoms with Crippen molar-refractivity contribution in [3.8, 4) is 0 Å². The van der Waals surface area contributed by atoms with Crippen molar-refractivity contribution in [2.45, 2.75) is 46.1 Å². The van der Waals surface area contributed by atoms with Crippen LogP contribution in [0, 0.1) is 0 Å². The topological polar surface area (TPSA) is 79.7 Å². The molecule has 0 radical (unpaired) electrons. The Balaban J connectivity index is 2.04. The van der Waals surface area contributed by atoms with Crippen molar-refractivity contribution in [1.29, 1.82) is 0 Å². The molecule has 0 spiro atoms. The van der Waals surface area contributed by atoms with E-state index in [2.05, 4.69) is 4.98 Å². The van der Waals surface area contributed by atoms with Crippen LogP contribution in [0.25, 0.3) is 0 Å². The zero-order chi connectivity index (χ0) is 18.4. The maximum absolute atomic E-state index is 12.4. The van der Waals surface area contributed by atoms with E-state index in [9.17, 15) is 9.59 Å². The van der Waals surface area contributed by atoms with Crippen LogP contribution in [0.3, 0.4) is 0 Å². The first-order valence-electron chi connectivity index (χ1n) is 8.03. The van der Waals surface area contributed by atoms with Crippen LogP contribution in [0.1, 0.15) is 49.8 Å². The number of nitrogens with zero attached hydrogens (tertiary/aromatic N) is 2. The van der Waals surface area contributed by atoms with Crippen LogP contribution >= 0.6 is 0 Å². The van der Waals surface area contributed by atoms with Crippen molar-refractivity contribution < 1.29 is 23.8 Å². The summed E-state index contributed by atoms with van der Waals surface area (Å²) in [6, 6.07) is 9.61. The quantitative estimate of drug-likeness (QED) is 0.588. The first-order valence-corrected chi connectivity index (χ1v) is 8.03. The highest BCUT2D eigenvalue weighted by Gasteiger charge is 2.22. The lowest BCUT2D eigenvalue weighted by Gasteiger charge is -2.18. The molecule has 7 heteroatoms. The highest BCUT2D eigenvalue weighted by atomic mass is 16.8. The van der Waals surface area contributed by atoms with Gasteiger partial charge in [0, 0.05) is 6.92 Å². The molecular formula is C18H22N2O5. The first kappa shape index (κ1) is 18.5. The van der Waals surface area contributed by atoms with E-state index in [1.807, 2.05) is 37.3 Å². The summed E-state index contributed by atoms with van der Waals surface area (Å²) >= 11 is 0. The fourth-order valence-electron chi connectivity index (χ4n) is 2.25. The summed E-state index contributed by atoms with van der Waals surface area (Å²) in [5.41, 5.74) is 1.29. The molecule has 1 aromatic carbocycles. The minimum Gasteiger partial charge on any atom is -0.431 e. The van der Waals surface area contributed by atoms with Gasteiger partial charge in [0.05, 0.1) is 24.7 Å². The van der Waals surface area contributed by atoms with E-state index in [1.165, 1.54) is 13.1 Å². The van der Waals surface area contributed by atoms with Gasteiger partial charge in [-0.1, -0.05) is 30.3 Å². The Labute approximate surface area is 146 Å². The number of rotatable bonds is 6. The Bertz CT molecular complexity index is 711. The number of hydrogen-bond acceptors (Lipinski definition) is 6. The van der Waals surface area contributed by atoms with Gasteiger partial charge in [0.1, 0.15) is 5.69 Å². The van der Waals surface area contributed by atoms with E-state index in [1.54, 1.807) is 24.7 Å². The summed E-state index contributed by atoms with van der Waals surface area (Å²) in [6.45, 7) is 6.79. The summed E-state index contributed by atoms with van der Waals surface area (Å²) in [7, 11) is 0. The number of carbonyl (C=O) groups excluding carboxylic acids is 2. The maximum Gasteiger partial charge on any atom is 0.511 e. The van der Waals surface area contributed by atoms with Gasteiger partial charge in [-0.05, 0) is 26.3 Å². The first-order chi connectivity index (χ1) is 11.9. The standard InChI is InChI=1S/C18H22N2O5/c1-12(2)23-18(22)25-14(4)24-17(21)16-10-19-11-20(16)13(3)15-8-6-5-7-9-15/h5-14H,1-4H3/t13-,14?/m1/s1. The van der Waals surface area contributed by atoms with Crippen molar-refractivity contribution in [3.63, 3.8) is 0 Å². The summed E-state index contributed by atoms with van der Waals surface area (Å²) in [4.78, 5) is 27.8. The summed E-state index contributed by atoms with van der Waals surface area (Å²) in [5, 5.41) is 0. The molecule has 25 heavy (non-hydrogen) atoms. The fourth-order valence-corrected chi connectivity index (χ4v) is 2.25. The Morgan fingerprint density at radius 1 is 1.00 bits per heavy atom. The lowest BCUT2D eigenvalue weighted by molar-refractivity contribution is -0.0871. The number of hydrogen-bond donors (Lipinski definition) is 0. The molecule has 0 aliphatic carbocycles. The predicted molar refractivity (Wildman–Crippen MR) is 90.1 cm³/mol. The molecule has 0 N–H and O–H groups in total. The minimum absolute atomic E-state index is 0.103. The monoisotopic (exact) mass is 346 g/mol. The molecule has 1 heterocycles. The average Bonchev–Trinajstić information content (AvgIpc) is 3.03. The SMILES string of the molecule is CC(C)OC(=O)OC(C)OC(=O)c1cncn1[C@H](C)c1ccccc1. The van der Waals surface area contributed by atoms with Gasteiger partial charge in [0.15, 0.2) is 0 Å². The highest BCUT2D eigenvalue weighted by molar-refractivity contribution is 5.87. The zero-order valence-electron chi connectivity index (χ0n) is 14.7. The molecule has 0 fully saturated rings.